The van der Waals surface area contributed by atoms with E-state index in [-0.39, 0.29) is 41.0 Å². The number of hydrogen-bond donors (Lipinski definition) is 1. The largest absolute Gasteiger partial charge is 0.495 e. The molecule has 0 unspecified atom stereocenters. The predicted molar refractivity (Wildman–Crippen MR) is 107 cm³/mol. The highest BCUT2D eigenvalue weighted by Crippen LogP contribution is 2.33. The number of methoxy groups -OCH3 is 1. The lowest BCUT2D eigenvalue weighted by atomic mass is 10.2. The minimum atomic E-state index is -4.10. The van der Waals surface area contributed by atoms with E-state index in [0.29, 0.717) is 11.2 Å². The molecule has 3 aromatic rings. The van der Waals surface area contributed by atoms with Crippen LogP contribution >= 0.6 is 0 Å². The molecule has 1 aromatic heterocycles. The summed E-state index contributed by atoms with van der Waals surface area (Å²) in [5.41, 5.74) is 0.997. The molecule has 1 saturated heterocycles. The molecule has 2 aromatic carbocycles. The van der Waals surface area contributed by atoms with Crippen molar-refractivity contribution in [3.8, 4) is 5.75 Å². The Labute approximate surface area is 167 Å². The summed E-state index contributed by atoms with van der Waals surface area (Å²) < 4.78 is 34.0. The molecule has 8 nitrogen and oxygen atoms in total. The van der Waals surface area contributed by atoms with Crippen molar-refractivity contribution in [1.82, 2.24) is 4.98 Å². The van der Waals surface area contributed by atoms with Gasteiger partial charge in [0.2, 0.25) is 11.8 Å². The molecule has 1 aliphatic heterocycles. The number of sulfonamides is 1. The Kier molecular flexibility index (Phi) is 4.67. The number of aromatic nitrogens is 1. The normalized spacial score (nSPS) is 14.4. The Hall–Kier alpha value is -3.46. The molecule has 0 saturated carbocycles. The summed E-state index contributed by atoms with van der Waals surface area (Å²) in [5.74, 6) is -0.641. The highest BCUT2D eigenvalue weighted by molar-refractivity contribution is 7.92. The molecule has 148 valence electrons. The van der Waals surface area contributed by atoms with Gasteiger partial charge in [0, 0.05) is 24.4 Å². The standard InChI is InChI=1S/C20H17N3O5S/c1-28-16-8-7-14(23-18(24)9-10-19(23)25)12-17(16)29(26,27)22-15-6-2-4-13-5-3-11-21-20(13)15/h2-8,11-12,22H,9-10H2,1H3. The van der Waals surface area contributed by atoms with Gasteiger partial charge in [0.25, 0.3) is 10.0 Å². The van der Waals surface area contributed by atoms with Crippen molar-refractivity contribution in [2.45, 2.75) is 17.7 Å². The lowest BCUT2D eigenvalue weighted by Crippen LogP contribution is -2.28. The van der Waals surface area contributed by atoms with Gasteiger partial charge in [-0.15, -0.1) is 0 Å². The van der Waals surface area contributed by atoms with E-state index in [1.807, 2.05) is 12.1 Å². The molecule has 1 aliphatic rings. The molecule has 29 heavy (non-hydrogen) atoms. The van der Waals surface area contributed by atoms with Crippen LogP contribution in [0.2, 0.25) is 0 Å². The zero-order valence-corrected chi connectivity index (χ0v) is 16.3. The molecule has 2 heterocycles. The second-order valence-corrected chi connectivity index (χ2v) is 8.10. The second kappa shape index (κ2) is 7.17. The number of benzene rings is 2. The number of anilines is 2. The first-order valence-corrected chi connectivity index (χ1v) is 10.3. The zero-order chi connectivity index (χ0) is 20.6. The third-order valence-corrected chi connectivity index (χ3v) is 6.01. The summed E-state index contributed by atoms with van der Waals surface area (Å²) in [4.78, 5) is 29.1. The smallest absolute Gasteiger partial charge is 0.265 e. The summed E-state index contributed by atoms with van der Waals surface area (Å²) in [7, 11) is -2.75. The number of carbonyl (C=O) groups is 2. The van der Waals surface area contributed by atoms with E-state index in [1.54, 1.807) is 24.4 Å². The van der Waals surface area contributed by atoms with Gasteiger partial charge in [-0.05, 0) is 30.3 Å². The van der Waals surface area contributed by atoms with Crippen molar-refractivity contribution >= 4 is 44.1 Å². The Morgan fingerprint density at radius 2 is 1.76 bits per heavy atom. The quantitative estimate of drug-likeness (QED) is 0.647. The van der Waals surface area contributed by atoms with Crippen LogP contribution in [0.1, 0.15) is 12.8 Å². The maximum atomic E-state index is 13.1. The Morgan fingerprint density at radius 3 is 2.48 bits per heavy atom. The minimum absolute atomic E-state index is 0.0912. The van der Waals surface area contributed by atoms with Crippen LogP contribution in [0.3, 0.4) is 0 Å². The van der Waals surface area contributed by atoms with E-state index in [4.69, 9.17) is 4.74 Å². The van der Waals surface area contributed by atoms with Gasteiger partial charge in [0.15, 0.2) is 0 Å². The van der Waals surface area contributed by atoms with Crippen molar-refractivity contribution in [2.75, 3.05) is 16.7 Å². The number of ether oxygens (including phenoxy) is 1. The molecule has 0 spiro atoms. The number of para-hydroxylation sites is 1. The van der Waals surface area contributed by atoms with Gasteiger partial charge >= 0.3 is 0 Å². The fraction of sp³-hybridized carbons (Fsp3) is 0.150. The summed E-state index contributed by atoms with van der Waals surface area (Å²) in [6.45, 7) is 0. The summed E-state index contributed by atoms with van der Waals surface area (Å²) in [6, 6.07) is 12.9. The predicted octanol–water partition coefficient (Wildman–Crippen LogP) is 2.70. The summed E-state index contributed by atoms with van der Waals surface area (Å²) in [6.07, 6.45) is 1.78. The number of imide groups is 1. The van der Waals surface area contributed by atoms with Crippen molar-refractivity contribution < 1.29 is 22.7 Å². The fourth-order valence-corrected chi connectivity index (χ4v) is 4.52. The van der Waals surface area contributed by atoms with Crippen LogP contribution in [-0.2, 0) is 19.6 Å². The molecular formula is C20H17N3O5S. The SMILES string of the molecule is COc1ccc(N2C(=O)CCC2=O)cc1S(=O)(=O)Nc1cccc2cccnc12. The third-order valence-electron chi connectivity index (χ3n) is 4.62. The number of pyridine rings is 1. The Bertz CT molecular complexity index is 1220. The molecule has 9 heteroatoms. The van der Waals surface area contributed by atoms with Crippen molar-refractivity contribution in [2.24, 2.45) is 0 Å². The van der Waals surface area contributed by atoms with Gasteiger partial charge in [-0.3, -0.25) is 24.2 Å². The monoisotopic (exact) mass is 411 g/mol. The minimum Gasteiger partial charge on any atom is -0.495 e. The third kappa shape index (κ3) is 3.40. The van der Waals surface area contributed by atoms with Crippen LogP contribution in [0, 0.1) is 0 Å². The average molecular weight is 411 g/mol. The number of nitrogens with one attached hydrogen (secondary N) is 1. The molecule has 0 bridgehead atoms. The molecule has 1 fully saturated rings. The van der Waals surface area contributed by atoms with Gasteiger partial charge < -0.3 is 4.74 Å². The highest BCUT2D eigenvalue weighted by atomic mass is 32.2. The Morgan fingerprint density at radius 1 is 1.03 bits per heavy atom. The van der Waals surface area contributed by atoms with E-state index in [0.717, 1.165) is 10.3 Å². The van der Waals surface area contributed by atoms with Crippen LogP contribution in [0.5, 0.6) is 5.75 Å². The number of rotatable bonds is 5. The van der Waals surface area contributed by atoms with E-state index < -0.39 is 10.0 Å². The first kappa shape index (κ1) is 18.9. The molecule has 1 N–H and O–H groups in total. The number of nitrogens with zero attached hydrogens (tertiary/aromatic N) is 2. The van der Waals surface area contributed by atoms with Gasteiger partial charge in [-0.25, -0.2) is 8.42 Å². The number of hydrogen-bond acceptors (Lipinski definition) is 6. The number of fused-ring (bicyclic) bond motifs is 1. The number of amides is 2. The first-order chi connectivity index (χ1) is 13.9. The van der Waals surface area contributed by atoms with E-state index >= 15 is 0 Å². The lowest BCUT2D eigenvalue weighted by molar-refractivity contribution is -0.121. The summed E-state index contributed by atoms with van der Waals surface area (Å²) >= 11 is 0. The lowest BCUT2D eigenvalue weighted by Gasteiger charge is -2.18. The van der Waals surface area contributed by atoms with Crippen molar-refractivity contribution in [3.63, 3.8) is 0 Å². The van der Waals surface area contributed by atoms with E-state index in [1.165, 1.54) is 25.3 Å². The topological polar surface area (TPSA) is 106 Å². The molecule has 0 atom stereocenters. The first-order valence-electron chi connectivity index (χ1n) is 8.81. The van der Waals surface area contributed by atoms with Crippen LogP contribution < -0.4 is 14.4 Å². The van der Waals surface area contributed by atoms with Crippen LogP contribution in [0.4, 0.5) is 11.4 Å². The van der Waals surface area contributed by atoms with Gasteiger partial charge in [0.1, 0.15) is 10.6 Å². The van der Waals surface area contributed by atoms with Crippen molar-refractivity contribution in [1.29, 1.82) is 0 Å². The molecular weight excluding hydrogens is 394 g/mol. The van der Waals surface area contributed by atoms with Gasteiger partial charge in [-0.1, -0.05) is 18.2 Å². The molecule has 0 aliphatic carbocycles. The van der Waals surface area contributed by atoms with Gasteiger partial charge in [0.05, 0.1) is 24.0 Å². The zero-order valence-electron chi connectivity index (χ0n) is 15.5. The Balaban J connectivity index is 1.78. The maximum absolute atomic E-state index is 13.1. The number of carbonyl (C=O) groups excluding carboxylic acids is 2. The average Bonchev–Trinajstić information content (AvgIpc) is 3.06. The molecule has 0 radical (unpaired) electrons. The van der Waals surface area contributed by atoms with E-state index in [9.17, 15) is 18.0 Å². The van der Waals surface area contributed by atoms with Crippen LogP contribution in [0.25, 0.3) is 10.9 Å². The van der Waals surface area contributed by atoms with Crippen LogP contribution in [-0.4, -0.2) is 32.3 Å². The molecule has 4 rings (SSSR count). The maximum Gasteiger partial charge on any atom is 0.265 e. The van der Waals surface area contributed by atoms with Crippen molar-refractivity contribution in [3.05, 3.63) is 54.7 Å². The van der Waals surface area contributed by atoms with E-state index in [2.05, 4.69) is 9.71 Å². The van der Waals surface area contributed by atoms with Gasteiger partial charge in [-0.2, -0.15) is 0 Å². The van der Waals surface area contributed by atoms with Crippen LogP contribution in [0.15, 0.2) is 59.6 Å². The summed E-state index contributed by atoms with van der Waals surface area (Å²) in [5, 5.41) is 0.779. The highest BCUT2D eigenvalue weighted by Gasteiger charge is 2.32. The fourth-order valence-electron chi connectivity index (χ4n) is 3.27. The molecule has 2 amide bonds. The second-order valence-electron chi connectivity index (χ2n) is 6.44.